The second-order valence-electron chi connectivity index (χ2n) is 11.0. The van der Waals surface area contributed by atoms with E-state index in [1.54, 1.807) is 27.7 Å². The SMILES string of the molecule is CC[C@H]1C(=O)N([C@@H](Cc2ccc3c(c2)CCC3)C(=O)OC(C)(C)C)CCN1S(=O)(=O)c1ccccc1[N+](=O)[O-]. The first-order valence-electron chi connectivity index (χ1n) is 13.2. The number of hydrogen-bond donors (Lipinski definition) is 0. The van der Waals surface area contributed by atoms with Crippen LogP contribution in [0.2, 0.25) is 0 Å². The molecule has 1 saturated heterocycles. The first kappa shape index (κ1) is 28.7. The minimum absolute atomic E-state index is 0.0515. The molecular weight excluding hydrogens is 522 g/mol. The number of fused-ring (bicyclic) bond motifs is 1. The summed E-state index contributed by atoms with van der Waals surface area (Å²) in [6, 6.07) is 9.16. The molecule has 0 radical (unpaired) electrons. The Balaban J connectivity index is 1.66. The zero-order chi connectivity index (χ0) is 28.5. The molecule has 2 aromatic carbocycles. The van der Waals surface area contributed by atoms with Crippen molar-refractivity contribution < 1.29 is 27.7 Å². The Kier molecular flexibility index (Phi) is 8.13. The van der Waals surface area contributed by atoms with Crippen LogP contribution in [0, 0.1) is 10.1 Å². The van der Waals surface area contributed by atoms with Gasteiger partial charge in [0.25, 0.3) is 15.7 Å². The maximum Gasteiger partial charge on any atom is 0.329 e. The quantitative estimate of drug-likeness (QED) is 0.275. The number of ether oxygens (including phenoxy) is 1. The summed E-state index contributed by atoms with van der Waals surface area (Å²) in [5.74, 6) is -1.08. The number of esters is 1. The van der Waals surface area contributed by atoms with Gasteiger partial charge in [-0.2, -0.15) is 4.31 Å². The van der Waals surface area contributed by atoms with Gasteiger partial charge in [-0.05, 0) is 69.2 Å². The van der Waals surface area contributed by atoms with Crippen molar-refractivity contribution in [2.45, 2.75) is 82.4 Å². The molecule has 0 bridgehead atoms. The molecule has 0 spiro atoms. The Morgan fingerprint density at radius 1 is 1.13 bits per heavy atom. The zero-order valence-electron chi connectivity index (χ0n) is 22.8. The summed E-state index contributed by atoms with van der Waals surface area (Å²) in [6.07, 6.45) is 3.45. The third-order valence-corrected chi connectivity index (χ3v) is 9.11. The van der Waals surface area contributed by atoms with Gasteiger partial charge < -0.3 is 9.64 Å². The van der Waals surface area contributed by atoms with E-state index in [9.17, 15) is 28.1 Å². The number of nitro benzene ring substituents is 1. The van der Waals surface area contributed by atoms with Gasteiger partial charge in [0.05, 0.1) is 4.92 Å². The van der Waals surface area contributed by atoms with Crippen molar-refractivity contribution in [3.8, 4) is 0 Å². The standard InChI is InChI=1S/C28H35N3O7S/c1-5-22-26(32)29(15-16-30(22)39(36,37)25-12-7-6-11-23(25)31(34)35)24(27(33)38-28(2,3)4)18-19-13-14-20-9-8-10-21(20)17-19/h6-7,11-14,17,22,24H,5,8-10,15-16,18H2,1-4H3/t22-,24-/m0/s1. The third kappa shape index (κ3) is 5.99. The predicted molar refractivity (Wildman–Crippen MR) is 145 cm³/mol. The Labute approximate surface area is 229 Å². The Hall–Kier alpha value is -3.31. The van der Waals surface area contributed by atoms with E-state index < -0.39 is 55.1 Å². The summed E-state index contributed by atoms with van der Waals surface area (Å²) < 4.78 is 33.9. The van der Waals surface area contributed by atoms with Crippen LogP contribution in [0.15, 0.2) is 47.4 Å². The highest BCUT2D eigenvalue weighted by atomic mass is 32.2. The van der Waals surface area contributed by atoms with Crippen LogP contribution >= 0.6 is 0 Å². The summed E-state index contributed by atoms with van der Waals surface area (Å²) in [5, 5.41) is 11.5. The molecule has 1 aliphatic heterocycles. The smallest absolute Gasteiger partial charge is 0.329 e. The van der Waals surface area contributed by atoms with Gasteiger partial charge in [0, 0.05) is 25.6 Å². The highest BCUT2D eigenvalue weighted by Crippen LogP contribution is 2.31. The Morgan fingerprint density at radius 2 is 1.82 bits per heavy atom. The van der Waals surface area contributed by atoms with E-state index in [-0.39, 0.29) is 25.9 Å². The number of aryl methyl sites for hydroxylation is 2. The lowest BCUT2D eigenvalue weighted by Gasteiger charge is -2.42. The van der Waals surface area contributed by atoms with Gasteiger partial charge in [-0.25, -0.2) is 13.2 Å². The molecule has 11 heteroatoms. The number of carbonyl (C=O) groups is 2. The van der Waals surface area contributed by atoms with E-state index in [0.29, 0.717) is 0 Å². The highest BCUT2D eigenvalue weighted by molar-refractivity contribution is 7.89. The van der Waals surface area contributed by atoms with Gasteiger partial charge in [-0.1, -0.05) is 37.3 Å². The van der Waals surface area contributed by atoms with Gasteiger partial charge in [0.2, 0.25) is 5.91 Å². The van der Waals surface area contributed by atoms with Gasteiger partial charge in [0.1, 0.15) is 17.7 Å². The molecule has 1 heterocycles. The first-order chi connectivity index (χ1) is 18.3. The van der Waals surface area contributed by atoms with Gasteiger partial charge in [0.15, 0.2) is 4.90 Å². The third-order valence-electron chi connectivity index (χ3n) is 7.16. The van der Waals surface area contributed by atoms with E-state index in [1.807, 2.05) is 6.07 Å². The van der Waals surface area contributed by atoms with Crippen molar-refractivity contribution >= 4 is 27.6 Å². The van der Waals surface area contributed by atoms with Crippen LogP contribution in [0.1, 0.15) is 57.2 Å². The molecule has 2 atom stereocenters. The molecule has 2 aliphatic rings. The fourth-order valence-electron chi connectivity index (χ4n) is 5.38. The molecule has 2 aromatic rings. The summed E-state index contributed by atoms with van der Waals surface area (Å²) in [7, 11) is -4.37. The lowest BCUT2D eigenvalue weighted by molar-refractivity contribution is -0.387. The number of carbonyl (C=O) groups excluding carboxylic acids is 2. The predicted octanol–water partition coefficient (Wildman–Crippen LogP) is 3.65. The van der Waals surface area contributed by atoms with E-state index in [2.05, 4.69) is 12.1 Å². The van der Waals surface area contributed by atoms with Crippen LogP contribution in [0.3, 0.4) is 0 Å². The van der Waals surface area contributed by atoms with Crippen LogP contribution < -0.4 is 0 Å². The topological polar surface area (TPSA) is 127 Å². The van der Waals surface area contributed by atoms with E-state index in [1.165, 1.54) is 34.2 Å². The van der Waals surface area contributed by atoms with Crippen molar-refractivity contribution in [3.63, 3.8) is 0 Å². The molecule has 0 aromatic heterocycles. The van der Waals surface area contributed by atoms with Crippen LogP contribution in [0.5, 0.6) is 0 Å². The molecule has 0 saturated carbocycles. The van der Waals surface area contributed by atoms with Crippen molar-refractivity contribution in [3.05, 3.63) is 69.3 Å². The normalized spacial score (nSPS) is 19.0. The number of nitrogens with zero attached hydrogens (tertiary/aromatic N) is 3. The Bertz CT molecular complexity index is 1380. The number of amides is 1. The lowest BCUT2D eigenvalue weighted by Crippen LogP contribution is -2.62. The molecule has 4 rings (SSSR count). The van der Waals surface area contributed by atoms with Crippen molar-refractivity contribution in [2.24, 2.45) is 0 Å². The minimum Gasteiger partial charge on any atom is -0.458 e. The molecule has 10 nitrogen and oxygen atoms in total. The largest absolute Gasteiger partial charge is 0.458 e. The number of nitro groups is 1. The fraction of sp³-hybridized carbons (Fsp3) is 0.500. The van der Waals surface area contributed by atoms with E-state index in [0.717, 1.165) is 35.2 Å². The van der Waals surface area contributed by atoms with Crippen LogP contribution in [-0.2, 0) is 43.6 Å². The van der Waals surface area contributed by atoms with E-state index >= 15 is 0 Å². The maximum absolute atomic E-state index is 13.8. The van der Waals surface area contributed by atoms with Crippen LogP contribution in [0.4, 0.5) is 5.69 Å². The molecule has 1 aliphatic carbocycles. The second-order valence-corrected chi connectivity index (χ2v) is 12.9. The average molecular weight is 558 g/mol. The number of hydrogen-bond acceptors (Lipinski definition) is 7. The summed E-state index contributed by atoms with van der Waals surface area (Å²) in [4.78, 5) is 39.0. The van der Waals surface area contributed by atoms with Crippen LogP contribution in [-0.4, -0.2) is 65.2 Å². The van der Waals surface area contributed by atoms with Crippen molar-refractivity contribution in [1.29, 1.82) is 0 Å². The lowest BCUT2D eigenvalue weighted by atomic mass is 9.98. The fourth-order valence-corrected chi connectivity index (χ4v) is 7.19. The summed E-state index contributed by atoms with van der Waals surface area (Å²) in [5.41, 5.74) is 2.11. The molecule has 0 N–H and O–H groups in total. The van der Waals surface area contributed by atoms with Crippen molar-refractivity contribution in [2.75, 3.05) is 13.1 Å². The minimum atomic E-state index is -4.37. The molecule has 210 valence electrons. The number of piperazine rings is 1. The highest BCUT2D eigenvalue weighted by Gasteiger charge is 2.46. The average Bonchev–Trinajstić information content (AvgIpc) is 3.34. The molecular formula is C28H35N3O7S. The second kappa shape index (κ2) is 11.1. The monoisotopic (exact) mass is 557 g/mol. The zero-order valence-corrected chi connectivity index (χ0v) is 23.6. The van der Waals surface area contributed by atoms with Crippen LogP contribution in [0.25, 0.3) is 0 Å². The maximum atomic E-state index is 13.8. The van der Waals surface area contributed by atoms with Gasteiger partial charge >= 0.3 is 5.97 Å². The summed E-state index contributed by atoms with van der Waals surface area (Å²) >= 11 is 0. The molecule has 0 unspecified atom stereocenters. The molecule has 39 heavy (non-hydrogen) atoms. The number of sulfonamides is 1. The molecule has 1 fully saturated rings. The van der Waals surface area contributed by atoms with Gasteiger partial charge in [-0.3, -0.25) is 14.9 Å². The van der Waals surface area contributed by atoms with Crippen molar-refractivity contribution in [1.82, 2.24) is 9.21 Å². The summed E-state index contributed by atoms with van der Waals surface area (Å²) in [6.45, 7) is 6.78. The van der Waals surface area contributed by atoms with Gasteiger partial charge in [-0.15, -0.1) is 0 Å². The number of para-hydroxylation sites is 1. The Morgan fingerprint density at radius 3 is 2.49 bits per heavy atom. The molecule has 1 amide bonds. The van der Waals surface area contributed by atoms with E-state index in [4.69, 9.17) is 4.74 Å². The first-order valence-corrected chi connectivity index (χ1v) is 14.7. The number of rotatable bonds is 8. The number of benzene rings is 2.